The van der Waals surface area contributed by atoms with Gasteiger partial charge in [0.25, 0.3) is 0 Å². The third-order valence-electron chi connectivity index (χ3n) is 2.54. The van der Waals surface area contributed by atoms with E-state index < -0.39 is 0 Å². The van der Waals surface area contributed by atoms with Crippen molar-refractivity contribution in [2.75, 3.05) is 16.0 Å². The van der Waals surface area contributed by atoms with Gasteiger partial charge in [-0.2, -0.15) is 0 Å². The molecule has 6 heteroatoms. The number of amides is 2. The number of urea groups is 1. The Balaban J connectivity index is 1.93. The molecule has 0 unspecified atom stereocenters. The van der Waals surface area contributed by atoms with Crippen LogP contribution in [0.15, 0.2) is 42.6 Å². The van der Waals surface area contributed by atoms with E-state index in [0.29, 0.717) is 22.4 Å². The van der Waals surface area contributed by atoms with Crippen LogP contribution in [0, 0.1) is 0 Å². The van der Waals surface area contributed by atoms with E-state index in [1.54, 1.807) is 36.5 Å². The van der Waals surface area contributed by atoms with Gasteiger partial charge in [0.05, 0.1) is 11.9 Å². The second kappa shape index (κ2) is 6.95. The van der Waals surface area contributed by atoms with Gasteiger partial charge in [0.1, 0.15) is 5.82 Å². The molecule has 2 aromatic rings. The van der Waals surface area contributed by atoms with Crippen LogP contribution >= 0.6 is 11.6 Å². The number of hydrogen-bond acceptors (Lipinski definition) is 3. The quantitative estimate of drug-likeness (QED) is 0.793. The van der Waals surface area contributed by atoms with Crippen molar-refractivity contribution in [3.63, 3.8) is 0 Å². The van der Waals surface area contributed by atoms with Gasteiger partial charge < -0.3 is 16.0 Å². The normalized spacial score (nSPS) is 10.3. The lowest BCUT2D eigenvalue weighted by Gasteiger charge is -2.10. The molecule has 1 aromatic carbocycles. The topological polar surface area (TPSA) is 66.0 Å². The van der Waals surface area contributed by atoms with E-state index in [4.69, 9.17) is 11.6 Å². The number of aromatic nitrogens is 1. The summed E-state index contributed by atoms with van der Waals surface area (Å²) >= 11 is 5.86. The van der Waals surface area contributed by atoms with Gasteiger partial charge in [0.15, 0.2) is 0 Å². The molecule has 0 spiro atoms. The summed E-state index contributed by atoms with van der Waals surface area (Å²) in [5.74, 6) is 0.769. The molecule has 5 nitrogen and oxygen atoms in total. The van der Waals surface area contributed by atoms with E-state index in [2.05, 4.69) is 20.9 Å². The fourth-order valence-corrected chi connectivity index (χ4v) is 1.90. The number of hydrogen-bond donors (Lipinski definition) is 3. The molecule has 0 saturated heterocycles. The van der Waals surface area contributed by atoms with E-state index in [1.807, 2.05) is 19.9 Å². The molecule has 0 bridgehead atoms. The zero-order valence-electron chi connectivity index (χ0n) is 11.9. The number of carbonyl (C=O) groups excluding carboxylic acids is 1. The van der Waals surface area contributed by atoms with Gasteiger partial charge in [-0.3, -0.25) is 0 Å². The number of halogens is 1. The van der Waals surface area contributed by atoms with E-state index in [0.717, 1.165) is 5.82 Å². The molecule has 0 radical (unpaired) electrons. The van der Waals surface area contributed by atoms with Gasteiger partial charge in [0.2, 0.25) is 0 Å². The monoisotopic (exact) mass is 304 g/mol. The molecular formula is C15H17ClN4O. The molecule has 2 rings (SSSR count). The lowest BCUT2D eigenvalue weighted by molar-refractivity contribution is 0.262. The highest BCUT2D eigenvalue weighted by atomic mass is 35.5. The van der Waals surface area contributed by atoms with Crippen molar-refractivity contribution in [2.45, 2.75) is 19.9 Å². The Kier molecular flexibility index (Phi) is 5.00. The Morgan fingerprint density at radius 2 is 1.90 bits per heavy atom. The standard InChI is InChI=1S/C15H17ClN4O/c1-10(2)18-14-7-6-13(9-17-14)20-15(21)19-12-5-3-4-11(16)8-12/h3-10H,1-2H3,(H,17,18)(H2,19,20,21). The SMILES string of the molecule is CC(C)Nc1ccc(NC(=O)Nc2cccc(Cl)c2)cn1. The number of anilines is 3. The van der Waals surface area contributed by atoms with Crippen molar-refractivity contribution in [1.29, 1.82) is 0 Å². The molecular weight excluding hydrogens is 288 g/mol. The van der Waals surface area contributed by atoms with Crippen LogP contribution in [0.4, 0.5) is 22.0 Å². The molecule has 0 aliphatic carbocycles. The summed E-state index contributed by atoms with van der Waals surface area (Å²) in [7, 11) is 0. The van der Waals surface area contributed by atoms with Crippen molar-refractivity contribution in [1.82, 2.24) is 4.98 Å². The first-order chi connectivity index (χ1) is 10.0. The van der Waals surface area contributed by atoms with Crippen LogP contribution in [-0.4, -0.2) is 17.1 Å². The van der Waals surface area contributed by atoms with Crippen LogP contribution in [-0.2, 0) is 0 Å². The zero-order chi connectivity index (χ0) is 15.2. The lowest BCUT2D eigenvalue weighted by Crippen LogP contribution is -2.19. The summed E-state index contributed by atoms with van der Waals surface area (Å²) in [5.41, 5.74) is 1.25. The molecule has 0 saturated carbocycles. The highest BCUT2D eigenvalue weighted by Gasteiger charge is 2.04. The summed E-state index contributed by atoms with van der Waals surface area (Å²) in [6.07, 6.45) is 1.60. The summed E-state index contributed by atoms with van der Waals surface area (Å²) in [6.45, 7) is 4.07. The number of pyridine rings is 1. The summed E-state index contributed by atoms with van der Waals surface area (Å²) in [5, 5.41) is 9.15. The smallest absolute Gasteiger partial charge is 0.323 e. The van der Waals surface area contributed by atoms with Crippen LogP contribution in [0.3, 0.4) is 0 Å². The fraction of sp³-hybridized carbons (Fsp3) is 0.200. The van der Waals surface area contributed by atoms with E-state index in [1.165, 1.54) is 0 Å². The molecule has 3 N–H and O–H groups in total. The molecule has 0 aliphatic rings. The number of nitrogens with one attached hydrogen (secondary N) is 3. The average Bonchev–Trinajstić information content (AvgIpc) is 2.40. The molecule has 1 heterocycles. The van der Waals surface area contributed by atoms with E-state index in [9.17, 15) is 4.79 Å². The minimum Gasteiger partial charge on any atom is -0.368 e. The minimum atomic E-state index is -0.344. The van der Waals surface area contributed by atoms with Gasteiger partial charge in [0, 0.05) is 16.8 Å². The lowest BCUT2D eigenvalue weighted by atomic mass is 10.3. The second-order valence-electron chi connectivity index (χ2n) is 4.82. The van der Waals surface area contributed by atoms with Gasteiger partial charge in [-0.1, -0.05) is 17.7 Å². The second-order valence-corrected chi connectivity index (χ2v) is 5.26. The highest BCUT2D eigenvalue weighted by molar-refractivity contribution is 6.30. The molecule has 1 aromatic heterocycles. The van der Waals surface area contributed by atoms with Gasteiger partial charge in [-0.15, -0.1) is 0 Å². The third-order valence-corrected chi connectivity index (χ3v) is 2.78. The zero-order valence-corrected chi connectivity index (χ0v) is 12.6. The Labute approximate surface area is 128 Å². The predicted molar refractivity (Wildman–Crippen MR) is 87.1 cm³/mol. The maximum Gasteiger partial charge on any atom is 0.323 e. The maximum absolute atomic E-state index is 11.8. The van der Waals surface area contributed by atoms with Crippen LogP contribution in [0.5, 0.6) is 0 Å². The molecule has 0 fully saturated rings. The predicted octanol–water partition coefficient (Wildman–Crippen LogP) is 4.20. The molecule has 0 aliphatic heterocycles. The Morgan fingerprint density at radius 1 is 1.14 bits per heavy atom. The van der Waals surface area contributed by atoms with Crippen molar-refractivity contribution >= 4 is 34.8 Å². The molecule has 2 amide bonds. The third kappa shape index (κ3) is 4.96. The Bertz CT molecular complexity index is 613. The van der Waals surface area contributed by atoms with Crippen LogP contribution in [0.2, 0.25) is 5.02 Å². The van der Waals surface area contributed by atoms with Gasteiger partial charge >= 0.3 is 6.03 Å². The average molecular weight is 305 g/mol. The van der Waals surface area contributed by atoms with Crippen molar-refractivity contribution in [3.8, 4) is 0 Å². The summed E-state index contributed by atoms with van der Waals surface area (Å²) in [6, 6.07) is 10.5. The Morgan fingerprint density at radius 3 is 2.52 bits per heavy atom. The van der Waals surface area contributed by atoms with E-state index in [-0.39, 0.29) is 6.03 Å². The molecule has 0 atom stereocenters. The summed E-state index contributed by atoms with van der Waals surface area (Å²) < 4.78 is 0. The van der Waals surface area contributed by atoms with Crippen LogP contribution in [0.1, 0.15) is 13.8 Å². The first-order valence-corrected chi connectivity index (χ1v) is 6.97. The number of rotatable bonds is 4. The van der Waals surface area contributed by atoms with Gasteiger partial charge in [-0.25, -0.2) is 9.78 Å². The highest BCUT2D eigenvalue weighted by Crippen LogP contribution is 2.16. The van der Waals surface area contributed by atoms with E-state index >= 15 is 0 Å². The summed E-state index contributed by atoms with van der Waals surface area (Å²) in [4.78, 5) is 16.1. The van der Waals surface area contributed by atoms with Crippen LogP contribution < -0.4 is 16.0 Å². The Hall–Kier alpha value is -2.27. The van der Waals surface area contributed by atoms with Crippen molar-refractivity contribution in [3.05, 3.63) is 47.6 Å². The van der Waals surface area contributed by atoms with Gasteiger partial charge in [-0.05, 0) is 44.2 Å². The first kappa shape index (κ1) is 15.1. The fourth-order valence-electron chi connectivity index (χ4n) is 1.71. The first-order valence-electron chi connectivity index (χ1n) is 6.59. The number of carbonyl (C=O) groups is 1. The molecule has 21 heavy (non-hydrogen) atoms. The number of nitrogens with zero attached hydrogens (tertiary/aromatic N) is 1. The van der Waals surface area contributed by atoms with Crippen LogP contribution in [0.25, 0.3) is 0 Å². The minimum absolute atomic E-state index is 0.308. The maximum atomic E-state index is 11.8. The largest absolute Gasteiger partial charge is 0.368 e. The molecule has 110 valence electrons. The van der Waals surface area contributed by atoms with Crippen molar-refractivity contribution in [2.24, 2.45) is 0 Å². The van der Waals surface area contributed by atoms with Crippen molar-refractivity contribution < 1.29 is 4.79 Å². The number of benzene rings is 1.